The fraction of sp³-hybridized carbons (Fsp3) is 0.636. The molecule has 2 heterocycles. The zero-order valence-corrected chi connectivity index (χ0v) is 11.4. The Kier molecular flexibility index (Phi) is 3.18. The highest BCUT2D eigenvalue weighted by Crippen LogP contribution is 2.29. The summed E-state index contributed by atoms with van der Waals surface area (Å²) in [6.07, 6.45) is 2.68. The van der Waals surface area contributed by atoms with E-state index in [0.717, 1.165) is 5.56 Å². The molecule has 0 bridgehead atoms. The number of nitrogen functional groups attached to an aromatic ring is 1. The smallest absolute Gasteiger partial charge is 0.152 e. The molecule has 18 heavy (non-hydrogen) atoms. The Labute approximate surface area is 107 Å². The zero-order valence-electron chi connectivity index (χ0n) is 10.6. The summed E-state index contributed by atoms with van der Waals surface area (Å²) in [5, 5.41) is 3.22. The SMILES string of the molecule is CCc1c(N)ncnc1NC1(C)CCS(=O)(=O)C1. The van der Waals surface area contributed by atoms with E-state index in [1.165, 1.54) is 6.33 Å². The van der Waals surface area contributed by atoms with Crippen LogP contribution < -0.4 is 11.1 Å². The van der Waals surface area contributed by atoms with Crippen molar-refractivity contribution in [3.63, 3.8) is 0 Å². The van der Waals surface area contributed by atoms with Gasteiger partial charge in [-0.2, -0.15) is 0 Å². The van der Waals surface area contributed by atoms with Crippen LogP contribution in [0.15, 0.2) is 6.33 Å². The van der Waals surface area contributed by atoms with Gasteiger partial charge in [-0.15, -0.1) is 0 Å². The summed E-state index contributed by atoms with van der Waals surface area (Å²) in [6.45, 7) is 3.86. The van der Waals surface area contributed by atoms with Gasteiger partial charge in [-0.1, -0.05) is 6.92 Å². The summed E-state index contributed by atoms with van der Waals surface area (Å²) >= 11 is 0. The Morgan fingerprint density at radius 1 is 1.50 bits per heavy atom. The molecule has 0 amide bonds. The third-order valence-electron chi connectivity index (χ3n) is 3.26. The quantitative estimate of drug-likeness (QED) is 0.835. The van der Waals surface area contributed by atoms with Gasteiger partial charge in [0.15, 0.2) is 9.84 Å². The van der Waals surface area contributed by atoms with Crippen molar-refractivity contribution in [3.8, 4) is 0 Å². The van der Waals surface area contributed by atoms with Crippen molar-refractivity contribution >= 4 is 21.5 Å². The van der Waals surface area contributed by atoms with E-state index in [1.807, 2.05) is 13.8 Å². The van der Waals surface area contributed by atoms with Crippen molar-refractivity contribution < 1.29 is 8.42 Å². The van der Waals surface area contributed by atoms with Crippen molar-refractivity contribution in [1.82, 2.24) is 9.97 Å². The zero-order chi connectivity index (χ0) is 13.4. The molecule has 100 valence electrons. The van der Waals surface area contributed by atoms with Gasteiger partial charge in [-0.25, -0.2) is 18.4 Å². The number of rotatable bonds is 3. The molecule has 1 aliphatic heterocycles. The van der Waals surface area contributed by atoms with E-state index in [0.29, 0.717) is 24.5 Å². The number of hydrogen-bond acceptors (Lipinski definition) is 6. The summed E-state index contributed by atoms with van der Waals surface area (Å²) in [5.74, 6) is 1.44. The minimum atomic E-state index is -2.94. The molecule has 0 spiro atoms. The normalized spacial score (nSPS) is 26.1. The lowest BCUT2D eigenvalue weighted by Gasteiger charge is -2.26. The van der Waals surface area contributed by atoms with Crippen LogP contribution in [0.3, 0.4) is 0 Å². The highest BCUT2D eigenvalue weighted by atomic mass is 32.2. The van der Waals surface area contributed by atoms with Gasteiger partial charge in [0.1, 0.15) is 18.0 Å². The Bertz CT molecular complexity index is 558. The van der Waals surface area contributed by atoms with Crippen molar-refractivity contribution in [3.05, 3.63) is 11.9 Å². The maximum absolute atomic E-state index is 11.6. The summed E-state index contributed by atoms with van der Waals surface area (Å²) < 4.78 is 23.1. The van der Waals surface area contributed by atoms with Gasteiger partial charge in [-0.3, -0.25) is 0 Å². The molecule has 0 saturated carbocycles. The van der Waals surface area contributed by atoms with Crippen LogP contribution in [-0.2, 0) is 16.3 Å². The van der Waals surface area contributed by atoms with Gasteiger partial charge >= 0.3 is 0 Å². The molecule has 6 nitrogen and oxygen atoms in total. The highest BCUT2D eigenvalue weighted by molar-refractivity contribution is 7.91. The van der Waals surface area contributed by atoms with Crippen LogP contribution in [0.25, 0.3) is 0 Å². The molecular formula is C11H18N4O2S. The van der Waals surface area contributed by atoms with Crippen LogP contribution in [0, 0.1) is 0 Å². The minimum Gasteiger partial charge on any atom is -0.383 e. The van der Waals surface area contributed by atoms with E-state index in [4.69, 9.17) is 5.73 Å². The van der Waals surface area contributed by atoms with E-state index in [2.05, 4.69) is 15.3 Å². The minimum absolute atomic E-state index is 0.132. The van der Waals surface area contributed by atoms with Crippen molar-refractivity contribution in [2.75, 3.05) is 22.6 Å². The second kappa shape index (κ2) is 4.38. The van der Waals surface area contributed by atoms with Crippen LogP contribution >= 0.6 is 0 Å². The second-order valence-electron chi connectivity index (χ2n) is 4.97. The maximum atomic E-state index is 11.6. The van der Waals surface area contributed by atoms with Crippen LogP contribution in [0.1, 0.15) is 25.8 Å². The molecule has 0 radical (unpaired) electrons. The van der Waals surface area contributed by atoms with Gasteiger partial charge in [0.2, 0.25) is 0 Å². The lowest BCUT2D eigenvalue weighted by atomic mass is 10.0. The first-order valence-electron chi connectivity index (χ1n) is 5.93. The van der Waals surface area contributed by atoms with Crippen LogP contribution in [0.4, 0.5) is 11.6 Å². The Morgan fingerprint density at radius 2 is 2.22 bits per heavy atom. The molecule has 1 saturated heterocycles. The van der Waals surface area contributed by atoms with Crippen LogP contribution in [-0.4, -0.2) is 35.4 Å². The molecule has 1 aliphatic rings. The topological polar surface area (TPSA) is 98.0 Å². The molecule has 3 N–H and O–H groups in total. The van der Waals surface area contributed by atoms with E-state index in [-0.39, 0.29) is 11.5 Å². The molecule has 7 heteroatoms. The molecular weight excluding hydrogens is 252 g/mol. The van der Waals surface area contributed by atoms with Crippen molar-refractivity contribution in [2.45, 2.75) is 32.2 Å². The van der Waals surface area contributed by atoms with E-state index in [9.17, 15) is 8.42 Å². The third-order valence-corrected chi connectivity index (χ3v) is 5.16. The number of nitrogens with one attached hydrogen (secondary N) is 1. The largest absolute Gasteiger partial charge is 0.383 e. The van der Waals surface area contributed by atoms with Gasteiger partial charge in [0.05, 0.1) is 17.0 Å². The predicted octanol–water partition coefficient (Wildman–Crippen LogP) is 0.610. The predicted molar refractivity (Wildman–Crippen MR) is 71.1 cm³/mol. The fourth-order valence-electron chi connectivity index (χ4n) is 2.28. The molecule has 1 aromatic rings. The van der Waals surface area contributed by atoms with Gasteiger partial charge in [0.25, 0.3) is 0 Å². The molecule has 1 fully saturated rings. The first-order chi connectivity index (χ1) is 8.35. The lowest BCUT2D eigenvalue weighted by Crippen LogP contribution is -2.36. The second-order valence-corrected chi connectivity index (χ2v) is 7.15. The molecule has 0 aliphatic carbocycles. The average Bonchev–Trinajstić information content (AvgIpc) is 2.53. The van der Waals surface area contributed by atoms with E-state index in [1.54, 1.807) is 0 Å². The van der Waals surface area contributed by atoms with Gasteiger partial charge in [-0.05, 0) is 19.8 Å². The summed E-state index contributed by atoms with van der Waals surface area (Å²) in [6, 6.07) is 0. The van der Waals surface area contributed by atoms with Crippen molar-refractivity contribution in [1.29, 1.82) is 0 Å². The molecule has 1 aromatic heterocycles. The summed E-state index contributed by atoms with van der Waals surface area (Å²) in [4.78, 5) is 8.11. The molecule has 1 atom stereocenters. The average molecular weight is 270 g/mol. The van der Waals surface area contributed by atoms with Crippen LogP contribution in [0.5, 0.6) is 0 Å². The number of anilines is 2. The van der Waals surface area contributed by atoms with Crippen molar-refractivity contribution in [2.24, 2.45) is 0 Å². The Balaban J connectivity index is 2.28. The number of aromatic nitrogens is 2. The lowest BCUT2D eigenvalue weighted by molar-refractivity contribution is 0.571. The highest BCUT2D eigenvalue weighted by Gasteiger charge is 2.38. The third kappa shape index (κ3) is 2.55. The molecule has 2 rings (SSSR count). The van der Waals surface area contributed by atoms with Gasteiger partial charge in [0, 0.05) is 5.56 Å². The number of sulfone groups is 1. The monoisotopic (exact) mass is 270 g/mol. The van der Waals surface area contributed by atoms with Gasteiger partial charge < -0.3 is 11.1 Å². The van der Waals surface area contributed by atoms with E-state index < -0.39 is 15.4 Å². The molecule has 0 aromatic carbocycles. The molecule has 1 unspecified atom stereocenters. The van der Waals surface area contributed by atoms with Crippen LogP contribution in [0.2, 0.25) is 0 Å². The first-order valence-corrected chi connectivity index (χ1v) is 7.75. The standard InChI is InChI=1S/C11H18N4O2S/c1-3-8-9(12)13-7-14-10(8)15-11(2)4-5-18(16,17)6-11/h7H,3-6H2,1-2H3,(H3,12,13,14,15). The maximum Gasteiger partial charge on any atom is 0.152 e. The number of nitrogens with two attached hydrogens (primary N) is 1. The Morgan fingerprint density at radius 3 is 2.78 bits per heavy atom. The fourth-order valence-corrected chi connectivity index (χ4v) is 4.37. The van der Waals surface area contributed by atoms with E-state index >= 15 is 0 Å². The summed E-state index contributed by atoms with van der Waals surface area (Å²) in [5.41, 5.74) is 6.16. The Hall–Kier alpha value is -1.37. The number of hydrogen-bond donors (Lipinski definition) is 2. The number of nitrogens with zero attached hydrogens (tertiary/aromatic N) is 2. The first kappa shape index (κ1) is 13.1. The summed E-state index contributed by atoms with van der Waals surface area (Å²) in [7, 11) is -2.94.